The van der Waals surface area contributed by atoms with Gasteiger partial charge >= 0.3 is 11.9 Å². The van der Waals surface area contributed by atoms with Crippen LogP contribution in [-0.2, 0) is 19.1 Å². The number of carbonyl (C=O) groups is 2. The lowest BCUT2D eigenvalue weighted by molar-refractivity contribution is -0.140. The highest BCUT2D eigenvalue weighted by Crippen LogP contribution is 2.07. The first-order valence-corrected chi connectivity index (χ1v) is 3.59. The molecule has 0 aliphatic heterocycles. The van der Waals surface area contributed by atoms with E-state index >= 15 is 0 Å². The van der Waals surface area contributed by atoms with Crippen LogP contribution in [0, 0.1) is 0 Å². The van der Waals surface area contributed by atoms with Gasteiger partial charge in [0.15, 0.2) is 0 Å². The molecule has 0 bridgehead atoms. The number of methoxy groups -OCH3 is 2. The Balaban J connectivity index is 4.18. The molecular weight excluding hydrogens is 176 g/mol. The van der Waals surface area contributed by atoms with Crippen LogP contribution in [0.3, 0.4) is 0 Å². The third-order valence-electron chi connectivity index (χ3n) is 1.26. The number of carboxylic acid groups (broad SMARTS) is 1. The predicted octanol–water partition coefficient (Wildman–Crippen LogP) is 0.554. The van der Waals surface area contributed by atoms with Crippen LogP contribution < -0.4 is 0 Å². The zero-order valence-electron chi connectivity index (χ0n) is 7.57. The number of aliphatic carboxylic acids is 1. The van der Waals surface area contributed by atoms with Crippen molar-refractivity contribution >= 4 is 11.9 Å². The molecule has 1 N–H and O–H groups in total. The normalized spacial score (nSPS) is 10.8. The first-order valence-electron chi connectivity index (χ1n) is 3.59. The summed E-state index contributed by atoms with van der Waals surface area (Å²) in [6.45, 7) is 0. The second-order valence-electron chi connectivity index (χ2n) is 2.34. The summed E-state index contributed by atoms with van der Waals surface area (Å²) in [6, 6.07) is 0. The van der Waals surface area contributed by atoms with Crippen molar-refractivity contribution in [2.24, 2.45) is 0 Å². The second-order valence-corrected chi connectivity index (χ2v) is 2.34. The molecule has 0 saturated heterocycles. The Morgan fingerprint density at radius 1 is 1.31 bits per heavy atom. The third kappa shape index (κ3) is 5.72. The molecule has 0 radical (unpaired) electrons. The highest BCUT2D eigenvalue weighted by atomic mass is 16.5. The number of rotatable bonds is 5. The summed E-state index contributed by atoms with van der Waals surface area (Å²) in [7, 11) is 2.63. The number of esters is 1. The lowest BCUT2D eigenvalue weighted by Crippen LogP contribution is -2.06. The van der Waals surface area contributed by atoms with Gasteiger partial charge in [0, 0.05) is 0 Å². The minimum Gasteiger partial charge on any atom is -0.504 e. The van der Waals surface area contributed by atoms with E-state index in [0.717, 1.165) is 0 Å². The van der Waals surface area contributed by atoms with E-state index in [-0.39, 0.29) is 12.8 Å². The van der Waals surface area contributed by atoms with Crippen LogP contribution in [-0.4, -0.2) is 31.3 Å². The second kappa shape index (κ2) is 6.05. The zero-order valence-corrected chi connectivity index (χ0v) is 7.57. The van der Waals surface area contributed by atoms with Crippen molar-refractivity contribution in [1.29, 1.82) is 0 Å². The van der Waals surface area contributed by atoms with Crippen molar-refractivity contribution in [1.82, 2.24) is 0 Å². The fourth-order valence-electron chi connectivity index (χ4n) is 0.764. The maximum absolute atomic E-state index is 10.8. The van der Waals surface area contributed by atoms with E-state index in [1.165, 1.54) is 20.5 Å². The summed E-state index contributed by atoms with van der Waals surface area (Å²) in [6.07, 6.45) is 0.963. The molecule has 0 fully saturated rings. The van der Waals surface area contributed by atoms with Gasteiger partial charge in [-0.3, -0.25) is 9.59 Å². The quantitative estimate of drug-likeness (QED) is 0.504. The Labute approximate surface area is 75.9 Å². The highest BCUT2D eigenvalue weighted by molar-refractivity contribution is 5.76. The molecule has 0 amide bonds. The van der Waals surface area contributed by atoms with Gasteiger partial charge in [0.2, 0.25) is 0 Å². The average molecular weight is 188 g/mol. The number of carboxylic acids is 1. The van der Waals surface area contributed by atoms with Gasteiger partial charge in [-0.15, -0.1) is 0 Å². The minimum atomic E-state index is -1.01. The Kier molecular flexibility index (Phi) is 5.34. The molecule has 0 aromatic rings. The van der Waals surface area contributed by atoms with Crippen molar-refractivity contribution in [2.45, 2.75) is 12.8 Å². The van der Waals surface area contributed by atoms with E-state index < -0.39 is 11.9 Å². The van der Waals surface area contributed by atoms with Crippen molar-refractivity contribution in [3.05, 3.63) is 11.8 Å². The average Bonchev–Trinajstić information content (AvgIpc) is 2.03. The predicted molar refractivity (Wildman–Crippen MR) is 44.0 cm³/mol. The van der Waals surface area contributed by atoms with Crippen LogP contribution in [0.25, 0.3) is 0 Å². The number of ether oxygens (including phenoxy) is 2. The topological polar surface area (TPSA) is 72.8 Å². The summed E-state index contributed by atoms with van der Waals surface area (Å²) in [5.41, 5.74) is 0.377. The SMILES string of the molecule is COC=C(CC(=O)O)CC(=O)OC. The molecule has 0 saturated carbocycles. The Hall–Kier alpha value is -1.52. The minimum absolute atomic E-state index is 0.0589. The Morgan fingerprint density at radius 3 is 2.31 bits per heavy atom. The standard InChI is InChI=1S/C8H12O5/c1-12-5-6(3-7(9)10)4-8(11)13-2/h5H,3-4H2,1-2H3,(H,9,10). The highest BCUT2D eigenvalue weighted by Gasteiger charge is 2.09. The maximum Gasteiger partial charge on any atom is 0.309 e. The molecule has 0 spiro atoms. The van der Waals surface area contributed by atoms with Crippen molar-refractivity contribution < 1.29 is 24.2 Å². The van der Waals surface area contributed by atoms with E-state index in [1.807, 2.05) is 0 Å². The van der Waals surface area contributed by atoms with Gasteiger partial charge in [-0.25, -0.2) is 0 Å². The first-order chi connectivity index (χ1) is 6.10. The molecule has 0 rings (SSSR count). The van der Waals surface area contributed by atoms with Crippen molar-refractivity contribution in [3.63, 3.8) is 0 Å². The Morgan fingerprint density at radius 2 is 1.92 bits per heavy atom. The third-order valence-corrected chi connectivity index (χ3v) is 1.26. The van der Waals surface area contributed by atoms with Gasteiger partial charge < -0.3 is 14.6 Å². The summed E-state index contributed by atoms with van der Waals surface area (Å²) >= 11 is 0. The number of hydrogen-bond donors (Lipinski definition) is 1. The van der Waals surface area contributed by atoms with Gasteiger partial charge in [-0.1, -0.05) is 0 Å². The van der Waals surface area contributed by atoms with Crippen LogP contribution in [0.15, 0.2) is 11.8 Å². The number of hydrogen-bond acceptors (Lipinski definition) is 4. The summed E-state index contributed by atoms with van der Waals surface area (Å²) < 4.78 is 9.00. The molecule has 5 nitrogen and oxygen atoms in total. The molecule has 0 unspecified atom stereocenters. The van der Waals surface area contributed by atoms with Gasteiger partial charge in [0.1, 0.15) is 0 Å². The van der Waals surface area contributed by atoms with Gasteiger partial charge in [-0.05, 0) is 5.57 Å². The number of carbonyl (C=O) groups excluding carboxylic acids is 1. The van der Waals surface area contributed by atoms with Crippen molar-refractivity contribution in [2.75, 3.05) is 14.2 Å². The largest absolute Gasteiger partial charge is 0.504 e. The summed E-state index contributed by atoms with van der Waals surface area (Å²) in [5.74, 6) is -1.49. The van der Waals surface area contributed by atoms with E-state index in [4.69, 9.17) is 5.11 Å². The van der Waals surface area contributed by atoms with Gasteiger partial charge in [0.25, 0.3) is 0 Å². The van der Waals surface area contributed by atoms with E-state index in [1.54, 1.807) is 0 Å². The molecule has 0 heterocycles. The van der Waals surface area contributed by atoms with E-state index in [2.05, 4.69) is 9.47 Å². The smallest absolute Gasteiger partial charge is 0.309 e. The van der Waals surface area contributed by atoms with Crippen LogP contribution in [0.2, 0.25) is 0 Å². The molecule has 0 atom stereocenters. The summed E-state index contributed by atoms with van der Waals surface area (Å²) in [4.78, 5) is 21.1. The molecule has 74 valence electrons. The monoisotopic (exact) mass is 188 g/mol. The van der Waals surface area contributed by atoms with E-state index in [0.29, 0.717) is 5.57 Å². The molecule has 0 aromatic carbocycles. The van der Waals surface area contributed by atoms with Gasteiger partial charge in [0.05, 0.1) is 33.3 Å². The lowest BCUT2D eigenvalue weighted by Gasteiger charge is -2.02. The lowest BCUT2D eigenvalue weighted by atomic mass is 10.1. The van der Waals surface area contributed by atoms with Crippen molar-refractivity contribution in [3.8, 4) is 0 Å². The molecule has 0 aliphatic rings. The van der Waals surface area contributed by atoms with Crippen LogP contribution >= 0.6 is 0 Å². The molecule has 13 heavy (non-hydrogen) atoms. The maximum atomic E-state index is 10.8. The van der Waals surface area contributed by atoms with Gasteiger partial charge in [-0.2, -0.15) is 0 Å². The molecule has 0 aromatic heterocycles. The zero-order chi connectivity index (χ0) is 10.3. The summed E-state index contributed by atoms with van der Waals surface area (Å²) in [5, 5.41) is 8.45. The fraction of sp³-hybridized carbons (Fsp3) is 0.500. The molecule has 5 heteroatoms. The van der Waals surface area contributed by atoms with Crippen LogP contribution in [0.1, 0.15) is 12.8 Å². The molecular formula is C8H12O5. The van der Waals surface area contributed by atoms with Crippen LogP contribution in [0.5, 0.6) is 0 Å². The first kappa shape index (κ1) is 11.5. The molecule has 0 aliphatic carbocycles. The Bertz CT molecular complexity index is 219. The van der Waals surface area contributed by atoms with Crippen LogP contribution in [0.4, 0.5) is 0 Å². The van der Waals surface area contributed by atoms with E-state index in [9.17, 15) is 9.59 Å². The fourth-order valence-corrected chi connectivity index (χ4v) is 0.764.